The van der Waals surface area contributed by atoms with Crippen molar-refractivity contribution in [3.63, 3.8) is 0 Å². The number of nitrogens with zero attached hydrogens (tertiary/aromatic N) is 4. The van der Waals surface area contributed by atoms with Gasteiger partial charge in [-0.2, -0.15) is 5.10 Å². The minimum atomic E-state index is 0.618. The molecule has 0 N–H and O–H groups in total. The first-order valence-corrected chi connectivity index (χ1v) is 4.20. The van der Waals surface area contributed by atoms with Gasteiger partial charge in [0.25, 0.3) is 0 Å². The molecule has 2 aromatic rings. The van der Waals surface area contributed by atoms with Gasteiger partial charge in [0.15, 0.2) is 0 Å². The van der Waals surface area contributed by atoms with E-state index >= 15 is 0 Å². The maximum atomic E-state index is 4.96. The lowest BCUT2D eigenvalue weighted by Crippen LogP contribution is -2.00. The Balaban J connectivity index is 2.10. The van der Waals surface area contributed by atoms with Crippen LogP contribution in [0.1, 0.15) is 5.56 Å². The van der Waals surface area contributed by atoms with E-state index < -0.39 is 0 Å². The molecule has 0 aliphatic rings. The number of ether oxygens (including phenoxy) is 1. The fourth-order valence-corrected chi connectivity index (χ4v) is 1.13. The van der Waals surface area contributed by atoms with Crippen LogP contribution in [0.3, 0.4) is 0 Å². The molecule has 0 aromatic carbocycles. The average molecular weight is 190 g/mol. The van der Waals surface area contributed by atoms with E-state index in [2.05, 4.69) is 15.1 Å². The fraction of sp³-hybridized carbons (Fsp3) is 0.222. The number of aromatic nitrogens is 4. The number of hydrogen-bond donors (Lipinski definition) is 0. The maximum absolute atomic E-state index is 4.96. The monoisotopic (exact) mass is 190 g/mol. The van der Waals surface area contributed by atoms with Gasteiger partial charge in [0.1, 0.15) is 12.7 Å². The summed E-state index contributed by atoms with van der Waals surface area (Å²) in [5.74, 6) is 0.618. The molecule has 2 heterocycles. The highest BCUT2D eigenvalue weighted by Gasteiger charge is 1.96. The predicted octanol–water partition coefficient (Wildman–Crippen LogP) is 0.730. The zero-order chi connectivity index (χ0) is 9.80. The normalized spacial score (nSPS) is 10.1. The molecular weight excluding hydrogens is 180 g/mol. The van der Waals surface area contributed by atoms with Crippen LogP contribution < -0.4 is 4.74 Å². The Morgan fingerprint density at radius 2 is 2.36 bits per heavy atom. The Kier molecular flexibility index (Phi) is 2.40. The number of hydrogen-bond acceptors (Lipinski definition) is 4. The van der Waals surface area contributed by atoms with Gasteiger partial charge < -0.3 is 4.74 Å². The molecule has 0 aliphatic carbocycles. The first-order chi connectivity index (χ1) is 6.88. The summed E-state index contributed by atoms with van der Waals surface area (Å²) in [6.07, 6.45) is 4.95. The Hall–Kier alpha value is -1.91. The smallest absolute Gasteiger partial charge is 0.212 e. The van der Waals surface area contributed by atoms with Gasteiger partial charge in [-0.1, -0.05) is 6.07 Å². The van der Waals surface area contributed by atoms with Crippen LogP contribution in [0.4, 0.5) is 0 Å². The quantitative estimate of drug-likeness (QED) is 0.716. The molecule has 0 atom stereocenters. The van der Waals surface area contributed by atoms with Gasteiger partial charge in [0.2, 0.25) is 5.88 Å². The van der Waals surface area contributed by atoms with E-state index in [1.165, 1.54) is 6.33 Å². The third-order valence-electron chi connectivity index (χ3n) is 1.82. The molecule has 0 saturated carbocycles. The van der Waals surface area contributed by atoms with E-state index in [0.29, 0.717) is 12.4 Å². The van der Waals surface area contributed by atoms with Crippen LogP contribution in [0.5, 0.6) is 5.88 Å². The lowest BCUT2D eigenvalue weighted by molar-refractivity contribution is 0.397. The molecule has 0 aliphatic heterocycles. The van der Waals surface area contributed by atoms with Crippen LogP contribution in [-0.4, -0.2) is 26.9 Å². The summed E-state index contributed by atoms with van der Waals surface area (Å²) in [6, 6.07) is 3.78. The second-order valence-electron chi connectivity index (χ2n) is 2.80. The molecule has 14 heavy (non-hydrogen) atoms. The molecule has 5 nitrogen and oxygen atoms in total. The largest absolute Gasteiger partial charge is 0.481 e. The van der Waals surface area contributed by atoms with Gasteiger partial charge in [0, 0.05) is 12.3 Å². The first-order valence-electron chi connectivity index (χ1n) is 4.20. The highest BCUT2D eigenvalue weighted by atomic mass is 16.5. The highest BCUT2D eigenvalue weighted by Crippen LogP contribution is 2.07. The Bertz CT molecular complexity index is 382. The Morgan fingerprint density at radius 3 is 2.93 bits per heavy atom. The topological polar surface area (TPSA) is 52.8 Å². The van der Waals surface area contributed by atoms with E-state index in [1.807, 2.05) is 12.1 Å². The van der Waals surface area contributed by atoms with Crippen molar-refractivity contribution in [1.29, 1.82) is 0 Å². The molecule has 2 rings (SSSR count). The minimum Gasteiger partial charge on any atom is -0.481 e. The molecule has 0 spiro atoms. The van der Waals surface area contributed by atoms with Crippen LogP contribution in [0.25, 0.3) is 0 Å². The number of pyridine rings is 1. The highest BCUT2D eigenvalue weighted by molar-refractivity contribution is 5.17. The molecule has 0 bridgehead atoms. The molecule has 0 amide bonds. The van der Waals surface area contributed by atoms with E-state index in [-0.39, 0.29) is 0 Å². The first kappa shape index (κ1) is 8.68. The van der Waals surface area contributed by atoms with E-state index in [4.69, 9.17) is 4.74 Å². The average Bonchev–Trinajstić information content (AvgIpc) is 2.72. The Labute approximate surface area is 81.4 Å². The molecule has 72 valence electrons. The Morgan fingerprint density at radius 1 is 1.43 bits per heavy atom. The van der Waals surface area contributed by atoms with E-state index in [0.717, 1.165) is 5.56 Å². The molecule has 0 fully saturated rings. The van der Waals surface area contributed by atoms with Crippen molar-refractivity contribution in [1.82, 2.24) is 19.7 Å². The summed E-state index contributed by atoms with van der Waals surface area (Å²) in [5.41, 5.74) is 1.07. The standard InChI is InChI=1S/C9H10N4O/c1-14-9-3-2-8(4-11-9)5-13-7-10-6-12-13/h2-4,6-7H,5H2,1H3. The zero-order valence-electron chi connectivity index (χ0n) is 7.79. The van der Waals surface area contributed by atoms with Gasteiger partial charge in [0.05, 0.1) is 13.7 Å². The van der Waals surface area contributed by atoms with Gasteiger partial charge >= 0.3 is 0 Å². The van der Waals surface area contributed by atoms with Gasteiger partial charge in [-0.25, -0.2) is 14.6 Å². The van der Waals surface area contributed by atoms with Crippen molar-refractivity contribution in [3.05, 3.63) is 36.5 Å². The second-order valence-corrected chi connectivity index (χ2v) is 2.80. The summed E-state index contributed by atoms with van der Waals surface area (Å²) >= 11 is 0. The molecule has 0 unspecified atom stereocenters. The third kappa shape index (κ3) is 1.87. The van der Waals surface area contributed by atoms with Crippen LogP contribution in [0, 0.1) is 0 Å². The summed E-state index contributed by atoms with van der Waals surface area (Å²) in [4.78, 5) is 7.95. The minimum absolute atomic E-state index is 0.618. The molecule has 0 saturated heterocycles. The third-order valence-corrected chi connectivity index (χ3v) is 1.82. The van der Waals surface area contributed by atoms with Gasteiger partial charge in [-0.05, 0) is 5.56 Å². The molecule has 5 heteroatoms. The summed E-state index contributed by atoms with van der Waals surface area (Å²) < 4.78 is 6.70. The van der Waals surface area contributed by atoms with Gasteiger partial charge in [-0.3, -0.25) is 0 Å². The second kappa shape index (κ2) is 3.87. The van der Waals surface area contributed by atoms with Crippen LogP contribution in [0.2, 0.25) is 0 Å². The lowest BCUT2D eigenvalue weighted by Gasteiger charge is -2.01. The number of rotatable bonds is 3. The summed E-state index contributed by atoms with van der Waals surface area (Å²) in [7, 11) is 1.60. The van der Waals surface area contributed by atoms with Crippen molar-refractivity contribution in [3.8, 4) is 5.88 Å². The molecule has 2 aromatic heterocycles. The summed E-state index contributed by atoms with van der Waals surface area (Å²) in [6.45, 7) is 0.678. The molecule has 0 radical (unpaired) electrons. The van der Waals surface area contributed by atoms with Crippen molar-refractivity contribution in [2.24, 2.45) is 0 Å². The van der Waals surface area contributed by atoms with Crippen molar-refractivity contribution >= 4 is 0 Å². The number of methoxy groups -OCH3 is 1. The van der Waals surface area contributed by atoms with Crippen molar-refractivity contribution in [2.75, 3.05) is 7.11 Å². The lowest BCUT2D eigenvalue weighted by atomic mass is 10.3. The summed E-state index contributed by atoms with van der Waals surface area (Å²) in [5, 5.41) is 4.00. The zero-order valence-corrected chi connectivity index (χ0v) is 7.79. The van der Waals surface area contributed by atoms with Crippen molar-refractivity contribution < 1.29 is 4.74 Å². The van der Waals surface area contributed by atoms with E-state index in [9.17, 15) is 0 Å². The predicted molar refractivity (Wildman–Crippen MR) is 49.9 cm³/mol. The van der Waals surface area contributed by atoms with Crippen LogP contribution >= 0.6 is 0 Å². The maximum Gasteiger partial charge on any atom is 0.212 e. The van der Waals surface area contributed by atoms with E-state index in [1.54, 1.807) is 24.3 Å². The molecular formula is C9H10N4O. The van der Waals surface area contributed by atoms with Crippen molar-refractivity contribution in [2.45, 2.75) is 6.54 Å². The van der Waals surface area contributed by atoms with Gasteiger partial charge in [-0.15, -0.1) is 0 Å². The SMILES string of the molecule is COc1ccc(Cn2cncn2)cn1. The fourth-order valence-electron chi connectivity index (χ4n) is 1.13. The van der Waals surface area contributed by atoms with Crippen LogP contribution in [-0.2, 0) is 6.54 Å². The van der Waals surface area contributed by atoms with Crippen LogP contribution in [0.15, 0.2) is 31.0 Å².